The van der Waals surface area contributed by atoms with Crippen LogP contribution in [0.3, 0.4) is 0 Å². The lowest BCUT2D eigenvalue weighted by atomic mass is 10.1. The van der Waals surface area contributed by atoms with Crippen molar-refractivity contribution in [3.8, 4) is 0 Å². The summed E-state index contributed by atoms with van der Waals surface area (Å²) < 4.78 is 0. The minimum atomic E-state index is -0.947. The van der Waals surface area contributed by atoms with Gasteiger partial charge in [0.25, 0.3) is 0 Å². The van der Waals surface area contributed by atoms with Crippen LogP contribution >= 0.6 is 11.3 Å². The summed E-state index contributed by atoms with van der Waals surface area (Å²) in [6, 6.07) is 2.56. The number of thiophene rings is 1. The van der Waals surface area contributed by atoms with E-state index >= 15 is 0 Å². The summed E-state index contributed by atoms with van der Waals surface area (Å²) >= 11 is 1.42. The predicted molar refractivity (Wildman–Crippen MR) is 70.3 cm³/mol. The molecule has 0 aliphatic heterocycles. The van der Waals surface area contributed by atoms with Gasteiger partial charge in [-0.2, -0.15) is 0 Å². The minimum absolute atomic E-state index is 0.134. The summed E-state index contributed by atoms with van der Waals surface area (Å²) in [7, 11) is 0. The van der Waals surface area contributed by atoms with Gasteiger partial charge in [0, 0.05) is 4.88 Å². The molecule has 18 heavy (non-hydrogen) atoms. The molecule has 1 heterocycles. The smallest absolute Gasteiger partial charge is 0.305 e. The second-order valence-corrected chi connectivity index (χ2v) is 5.05. The Kier molecular flexibility index (Phi) is 5.80. The molecule has 0 fully saturated rings. The number of hydrogen-bond acceptors (Lipinski definition) is 4. The van der Waals surface area contributed by atoms with E-state index in [1.165, 1.54) is 11.3 Å². The first kappa shape index (κ1) is 14.7. The van der Waals surface area contributed by atoms with E-state index < -0.39 is 18.1 Å². The Hall–Kier alpha value is -1.40. The van der Waals surface area contributed by atoms with Gasteiger partial charge in [0.15, 0.2) is 0 Å². The van der Waals surface area contributed by atoms with E-state index in [-0.39, 0.29) is 12.3 Å². The molecular formula is C12H18N2O3S. The first-order valence-electron chi connectivity index (χ1n) is 5.85. The molecule has 5 nitrogen and oxygen atoms in total. The van der Waals surface area contributed by atoms with Crippen LogP contribution in [0.4, 0.5) is 0 Å². The van der Waals surface area contributed by atoms with Gasteiger partial charge < -0.3 is 16.2 Å². The summed E-state index contributed by atoms with van der Waals surface area (Å²) in [5.74, 6) is -1.24. The molecule has 0 aliphatic carbocycles. The van der Waals surface area contributed by atoms with Crippen molar-refractivity contribution in [1.82, 2.24) is 5.32 Å². The molecule has 0 saturated carbocycles. The highest BCUT2D eigenvalue weighted by Crippen LogP contribution is 2.22. The SMILES string of the molecule is CCCC(N)C(=O)NC(CC(=O)O)c1cccs1. The van der Waals surface area contributed by atoms with Gasteiger partial charge in [0.2, 0.25) is 5.91 Å². The maximum atomic E-state index is 11.8. The number of hydrogen-bond donors (Lipinski definition) is 3. The van der Waals surface area contributed by atoms with E-state index in [0.717, 1.165) is 11.3 Å². The molecule has 1 amide bonds. The van der Waals surface area contributed by atoms with Crippen LogP contribution in [-0.4, -0.2) is 23.0 Å². The summed E-state index contributed by atoms with van der Waals surface area (Å²) in [6.07, 6.45) is 1.28. The number of nitrogens with one attached hydrogen (secondary N) is 1. The molecule has 0 saturated heterocycles. The van der Waals surface area contributed by atoms with Gasteiger partial charge in [0.1, 0.15) is 0 Å². The normalized spacial score (nSPS) is 13.9. The standard InChI is InChI=1S/C12H18N2O3S/c1-2-4-8(13)12(17)14-9(7-11(15)16)10-5-3-6-18-10/h3,5-6,8-9H,2,4,7,13H2,1H3,(H,14,17)(H,15,16). The lowest BCUT2D eigenvalue weighted by Crippen LogP contribution is -2.42. The number of amides is 1. The third-order valence-corrected chi connectivity index (χ3v) is 3.50. The van der Waals surface area contributed by atoms with Crippen molar-refractivity contribution in [2.24, 2.45) is 5.73 Å². The van der Waals surface area contributed by atoms with Crippen molar-refractivity contribution in [1.29, 1.82) is 0 Å². The van der Waals surface area contributed by atoms with Crippen molar-refractivity contribution in [2.45, 2.75) is 38.3 Å². The highest BCUT2D eigenvalue weighted by atomic mass is 32.1. The largest absolute Gasteiger partial charge is 0.481 e. The highest BCUT2D eigenvalue weighted by molar-refractivity contribution is 7.10. The topological polar surface area (TPSA) is 92.4 Å². The summed E-state index contributed by atoms with van der Waals surface area (Å²) in [5, 5.41) is 13.4. The van der Waals surface area contributed by atoms with E-state index in [0.29, 0.717) is 6.42 Å². The van der Waals surface area contributed by atoms with Gasteiger partial charge in [-0.1, -0.05) is 19.4 Å². The summed E-state index contributed by atoms with van der Waals surface area (Å²) in [5.41, 5.74) is 5.70. The maximum Gasteiger partial charge on any atom is 0.305 e. The Morgan fingerprint density at radius 2 is 2.28 bits per heavy atom. The fraction of sp³-hybridized carbons (Fsp3) is 0.500. The van der Waals surface area contributed by atoms with E-state index in [9.17, 15) is 9.59 Å². The van der Waals surface area contributed by atoms with Crippen LogP contribution in [-0.2, 0) is 9.59 Å². The molecule has 1 rings (SSSR count). The Balaban J connectivity index is 2.67. The number of carbonyl (C=O) groups excluding carboxylic acids is 1. The molecule has 6 heteroatoms. The molecule has 100 valence electrons. The summed E-state index contributed by atoms with van der Waals surface area (Å²) in [4.78, 5) is 23.4. The first-order chi connectivity index (χ1) is 8.54. The van der Waals surface area contributed by atoms with Crippen LogP contribution in [0.25, 0.3) is 0 Å². The molecule has 0 bridgehead atoms. The molecule has 2 atom stereocenters. The van der Waals surface area contributed by atoms with Crippen molar-refractivity contribution < 1.29 is 14.7 Å². The first-order valence-corrected chi connectivity index (χ1v) is 6.73. The lowest BCUT2D eigenvalue weighted by Gasteiger charge is -2.18. The van der Waals surface area contributed by atoms with Crippen molar-refractivity contribution >= 4 is 23.2 Å². The van der Waals surface area contributed by atoms with Crippen molar-refractivity contribution in [2.75, 3.05) is 0 Å². The molecule has 0 radical (unpaired) electrons. The minimum Gasteiger partial charge on any atom is -0.481 e. The fourth-order valence-electron chi connectivity index (χ4n) is 1.61. The number of carboxylic acids is 1. The molecule has 2 unspecified atom stereocenters. The monoisotopic (exact) mass is 270 g/mol. The number of aliphatic carboxylic acids is 1. The lowest BCUT2D eigenvalue weighted by molar-refractivity contribution is -0.137. The zero-order valence-electron chi connectivity index (χ0n) is 10.3. The Morgan fingerprint density at radius 1 is 1.56 bits per heavy atom. The Bertz CT molecular complexity index is 392. The second-order valence-electron chi connectivity index (χ2n) is 4.07. The third-order valence-electron chi connectivity index (χ3n) is 2.52. The molecular weight excluding hydrogens is 252 g/mol. The van der Waals surface area contributed by atoms with E-state index in [2.05, 4.69) is 5.32 Å². The fourth-order valence-corrected chi connectivity index (χ4v) is 2.39. The number of rotatable bonds is 7. The van der Waals surface area contributed by atoms with E-state index in [1.807, 2.05) is 24.4 Å². The second kappa shape index (κ2) is 7.13. The molecule has 0 spiro atoms. The van der Waals surface area contributed by atoms with E-state index in [1.54, 1.807) is 0 Å². The Labute approximate surface area is 110 Å². The maximum absolute atomic E-state index is 11.8. The highest BCUT2D eigenvalue weighted by Gasteiger charge is 2.21. The van der Waals surface area contributed by atoms with Crippen LogP contribution in [0, 0.1) is 0 Å². The molecule has 0 aliphatic rings. The van der Waals surface area contributed by atoms with Crippen LogP contribution in [0.15, 0.2) is 17.5 Å². The average molecular weight is 270 g/mol. The zero-order chi connectivity index (χ0) is 13.5. The van der Waals surface area contributed by atoms with E-state index in [4.69, 9.17) is 10.8 Å². The zero-order valence-corrected chi connectivity index (χ0v) is 11.1. The van der Waals surface area contributed by atoms with Crippen LogP contribution in [0.5, 0.6) is 0 Å². The van der Waals surface area contributed by atoms with Gasteiger partial charge in [-0.25, -0.2) is 0 Å². The van der Waals surface area contributed by atoms with Gasteiger partial charge in [-0.15, -0.1) is 11.3 Å². The molecule has 0 aromatic carbocycles. The van der Waals surface area contributed by atoms with Crippen molar-refractivity contribution in [3.05, 3.63) is 22.4 Å². The van der Waals surface area contributed by atoms with Crippen molar-refractivity contribution in [3.63, 3.8) is 0 Å². The number of nitrogens with two attached hydrogens (primary N) is 1. The number of carboxylic acid groups (broad SMARTS) is 1. The predicted octanol–water partition coefficient (Wildman–Crippen LogP) is 1.51. The summed E-state index contributed by atoms with van der Waals surface area (Å²) in [6.45, 7) is 1.95. The van der Waals surface area contributed by atoms with Crippen LogP contribution in [0.2, 0.25) is 0 Å². The van der Waals surface area contributed by atoms with Crippen LogP contribution < -0.4 is 11.1 Å². The van der Waals surface area contributed by atoms with Gasteiger partial charge in [0.05, 0.1) is 18.5 Å². The molecule has 4 N–H and O–H groups in total. The van der Waals surface area contributed by atoms with Gasteiger partial charge >= 0.3 is 5.97 Å². The Morgan fingerprint density at radius 3 is 2.78 bits per heavy atom. The van der Waals surface area contributed by atoms with Gasteiger partial charge in [-0.3, -0.25) is 9.59 Å². The molecule has 1 aromatic heterocycles. The van der Waals surface area contributed by atoms with Crippen LogP contribution in [0.1, 0.15) is 37.1 Å². The molecule has 1 aromatic rings. The third kappa shape index (κ3) is 4.46. The van der Waals surface area contributed by atoms with Gasteiger partial charge in [-0.05, 0) is 17.9 Å². The number of carbonyl (C=O) groups is 2. The average Bonchev–Trinajstić information content (AvgIpc) is 2.81. The quantitative estimate of drug-likeness (QED) is 0.700.